The predicted octanol–water partition coefficient (Wildman–Crippen LogP) is 0.675. The molecule has 0 aromatic carbocycles. The van der Waals surface area contributed by atoms with Gasteiger partial charge in [0.1, 0.15) is 5.78 Å². The maximum Gasteiger partial charge on any atom is 0.315 e. The van der Waals surface area contributed by atoms with Gasteiger partial charge in [0.05, 0.1) is 6.54 Å². The summed E-state index contributed by atoms with van der Waals surface area (Å²) in [4.78, 5) is 21.3. The van der Waals surface area contributed by atoms with E-state index in [2.05, 4.69) is 17.6 Å². The highest BCUT2D eigenvalue weighted by molar-refractivity contribution is 5.83. The Morgan fingerprint density at radius 3 is 2.42 bits per heavy atom. The van der Waals surface area contributed by atoms with E-state index in [0.717, 1.165) is 12.8 Å². The number of carbonyl (C=O) groups excluding carboxylic acids is 2. The van der Waals surface area contributed by atoms with Crippen LogP contribution in [0.1, 0.15) is 26.7 Å². The molecule has 0 fully saturated rings. The van der Waals surface area contributed by atoms with E-state index in [-0.39, 0.29) is 18.4 Å². The highest BCUT2D eigenvalue weighted by Gasteiger charge is 1.98. The number of hydrogen-bond acceptors (Lipinski definition) is 2. The monoisotopic (exact) mass is 172 g/mol. The molecule has 0 rings (SSSR count). The van der Waals surface area contributed by atoms with Gasteiger partial charge >= 0.3 is 6.03 Å². The number of carbonyl (C=O) groups is 2. The third-order valence-corrected chi connectivity index (χ3v) is 1.31. The highest BCUT2D eigenvalue weighted by atomic mass is 16.2. The third-order valence-electron chi connectivity index (χ3n) is 1.31. The number of amides is 2. The lowest BCUT2D eigenvalue weighted by Crippen LogP contribution is -2.38. The Balaban J connectivity index is 3.28. The molecule has 0 bridgehead atoms. The zero-order chi connectivity index (χ0) is 9.40. The van der Waals surface area contributed by atoms with Gasteiger partial charge in [-0.1, -0.05) is 13.3 Å². The molecule has 0 aliphatic carbocycles. The van der Waals surface area contributed by atoms with Gasteiger partial charge in [-0.25, -0.2) is 4.79 Å². The van der Waals surface area contributed by atoms with Crippen LogP contribution in [-0.4, -0.2) is 24.9 Å². The molecule has 0 atom stereocenters. The molecule has 0 aliphatic rings. The van der Waals surface area contributed by atoms with Crippen molar-refractivity contribution in [3.63, 3.8) is 0 Å². The summed E-state index contributed by atoms with van der Waals surface area (Å²) >= 11 is 0. The smallest absolute Gasteiger partial charge is 0.315 e. The van der Waals surface area contributed by atoms with Crippen molar-refractivity contribution in [2.24, 2.45) is 0 Å². The Morgan fingerprint density at radius 2 is 1.92 bits per heavy atom. The van der Waals surface area contributed by atoms with Crippen molar-refractivity contribution in [1.82, 2.24) is 10.6 Å². The third kappa shape index (κ3) is 7.05. The summed E-state index contributed by atoms with van der Waals surface area (Å²) in [6, 6.07) is -0.265. The number of nitrogens with one attached hydrogen (secondary N) is 2. The van der Waals surface area contributed by atoms with Crippen LogP contribution in [0.15, 0.2) is 0 Å². The number of unbranched alkanes of at least 4 members (excludes halogenated alkanes) is 1. The van der Waals surface area contributed by atoms with Crippen LogP contribution in [-0.2, 0) is 4.79 Å². The molecule has 2 amide bonds. The van der Waals surface area contributed by atoms with Gasteiger partial charge in [-0.15, -0.1) is 0 Å². The molecule has 4 nitrogen and oxygen atoms in total. The highest BCUT2D eigenvalue weighted by Crippen LogP contribution is 1.81. The summed E-state index contributed by atoms with van der Waals surface area (Å²) in [6.07, 6.45) is 2.01. The van der Waals surface area contributed by atoms with Crippen molar-refractivity contribution in [2.45, 2.75) is 26.7 Å². The number of rotatable bonds is 5. The van der Waals surface area contributed by atoms with Crippen LogP contribution in [0.5, 0.6) is 0 Å². The van der Waals surface area contributed by atoms with Crippen molar-refractivity contribution >= 4 is 11.8 Å². The summed E-state index contributed by atoms with van der Waals surface area (Å²) in [7, 11) is 0. The summed E-state index contributed by atoms with van der Waals surface area (Å²) < 4.78 is 0. The molecule has 0 spiro atoms. The maximum atomic E-state index is 10.8. The molecule has 0 aromatic heterocycles. The second kappa shape index (κ2) is 6.64. The molecule has 12 heavy (non-hydrogen) atoms. The summed E-state index contributed by atoms with van der Waals surface area (Å²) in [5.41, 5.74) is 0. The standard InChI is InChI=1S/C8H16N2O2/c1-3-4-5-9-8(12)10-6-7(2)11/h3-6H2,1-2H3,(H2,9,10,12). The van der Waals surface area contributed by atoms with Gasteiger partial charge in [0.15, 0.2) is 0 Å². The summed E-state index contributed by atoms with van der Waals surface area (Å²) in [6.45, 7) is 4.26. The Labute approximate surface area is 72.7 Å². The largest absolute Gasteiger partial charge is 0.338 e. The van der Waals surface area contributed by atoms with E-state index in [0.29, 0.717) is 6.54 Å². The number of ketones is 1. The van der Waals surface area contributed by atoms with E-state index in [4.69, 9.17) is 0 Å². The topological polar surface area (TPSA) is 58.2 Å². The zero-order valence-corrected chi connectivity index (χ0v) is 7.64. The van der Waals surface area contributed by atoms with Gasteiger partial charge in [-0.3, -0.25) is 4.79 Å². The molecule has 0 heterocycles. The molecule has 0 radical (unpaired) electrons. The average Bonchev–Trinajstić information content (AvgIpc) is 2.01. The van der Waals surface area contributed by atoms with Crippen molar-refractivity contribution in [1.29, 1.82) is 0 Å². The quantitative estimate of drug-likeness (QED) is 0.599. The van der Waals surface area contributed by atoms with Gasteiger partial charge in [0.2, 0.25) is 0 Å². The van der Waals surface area contributed by atoms with Crippen molar-refractivity contribution < 1.29 is 9.59 Å². The molecular weight excluding hydrogens is 156 g/mol. The van der Waals surface area contributed by atoms with Crippen LogP contribution >= 0.6 is 0 Å². The number of Topliss-reactive ketones (excluding diaryl/α,β-unsaturated/α-hetero) is 1. The lowest BCUT2D eigenvalue weighted by molar-refractivity contribution is -0.116. The van der Waals surface area contributed by atoms with Crippen molar-refractivity contribution in [3.8, 4) is 0 Å². The maximum absolute atomic E-state index is 10.8. The molecule has 4 heteroatoms. The SMILES string of the molecule is CCCCNC(=O)NCC(C)=O. The fraction of sp³-hybridized carbons (Fsp3) is 0.750. The fourth-order valence-electron chi connectivity index (χ4n) is 0.646. The van der Waals surface area contributed by atoms with Crippen LogP contribution in [0.4, 0.5) is 4.79 Å². The lowest BCUT2D eigenvalue weighted by atomic mass is 10.3. The summed E-state index contributed by atoms with van der Waals surface area (Å²) in [5.74, 6) is -0.0411. The Bertz CT molecular complexity index is 157. The van der Waals surface area contributed by atoms with Gasteiger partial charge in [-0.05, 0) is 13.3 Å². The second-order valence-electron chi connectivity index (χ2n) is 2.67. The first-order chi connectivity index (χ1) is 5.66. The Hall–Kier alpha value is -1.06. The van der Waals surface area contributed by atoms with E-state index in [1.54, 1.807) is 0 Å². The first kappa shape index (κ1) is 10.9. The van der Waals surface area contributed by atoms with Crippen LogP contribution in [0.25, 0.3) is 0 Å². The van der Waals surface area contributed by atoms with Crippen LogP contribution in [0.2, 0.25) is 0 Å². The first-order valence-corrected chi connectivity index (χ1v) is 4.18. The van der Waals surface area contributed by atoms with Crippen LogP contribution in [0, 0.1) is 0 Å². The second-order valence-corrected chi connectivity index (χ2v) is 2.67. The molecule has 0 saturated carbocycles. The summed E-state index contributed by atoms with van der Waals surface area (Å²) in [5, 5.41) is 5.08. The van der Waals surface area contributed by atoms with Crippen LogP contribution in [0.3, 0.4) is 0 Å². The zero-order valence-electron chi connectivity index (χ0n) is 7.64. The van der Waals surface area contributed by atoms with E-state index in [1.807, 2.05) is 0 Å². The van der Waals surface area contributed by atoms with Crippen molar-refractivity contribution in [2.75, 3.05) is 13.1 Å². The van der Waals surface area contributed by atoms with Crippen LogP contribution < -0.4 is 10.6 Å². The van der Waals surface area contributed by atoms with Crippen molar-refractivity contribution in [3.05, 3.63) is 0 Å². The molecule has 70 valence electrons. The Kier molecular flexibility index (Phi) is 6.05. The molecule has 0 aliphatic heterocycles. The normalized spacial score (nSPS) is 9.17. The van der Waals surface area contributed by atoms with E-state index in [9.17, 15) is 9.59 Å². The average molecular weight is 172 g/mol. The fourth-order valence-corrected chi connectivity index (χ4v) is 0.646. The molecule has 0 unspecified atom stereocenters. The molecule has 0 aromatic rings. The predicted molar refractivity (Wildman–Crippen MR) is 47.0 cm³/mol. The van der Waals surface area contributed by atoms with E-state index < -0.39 is 0 Å². The van der Waals surface area contributed by atoms with Gasteiger partial charge in [-0.2, -0.15) is 0 Å². The van der Waals surface area contributed by atoms with E-state index in [1.165, 1.54) is 6.92 Å². The Morgan fingerprint density at radius 1 is 1.25 bits per heavy atom. The molecule has 2 N–H and O–H groups in total. The minimum atomic E-state index is -0.265. The number of hydrogen-bond donors (Lipinski definition) is 2. The first-order valence-electron chi connectivity index (χ1n) is 4.18. The van der Waals surface area contributed by atoms with Gasteiger partial charge < -0.3 is 10.6 Å². The number of urea groups is 1. The minimum absolute atomic E-state index is 0.0411. The molecule has 0 saturated heterocycles. The van der Waals surface area contributed by atoms with Gasteiger partial charge in [0.25, 0.3) is 0 Å². The van der Waals surface area contributed by atoms with E-state index >= 15 is 0 Å². The minimum Gasteiger partial charge on any atom is -0.338 e. The lowest BCUT2D eigenvalue weighted by Gasteiger charge is -2.04. The van der Waals surface area contributed by atoms with Gasteiger partial charge in [0, 0.05) is 6.54 Å². The molecular formula is C8H16N2O2.